The molecule has 1 aliphatic rings. The molecule has 6 nitrogen and oxygen atoms in total. The first-order chi connectivity index (χ1) is 12.5. The van der Waals surface area contributed by atoms with Crippen LogP contribution in [0.25, 0.3) is 0 Å². The lowest BCUT2D eigenvalue weighted by Gasteiger charge is -2.31. The molecule has 8 heteroatoms. The molecule has 3 unspecified atom stereocenters. The summed E-state index contributed by atoms with van der Waals surface area (Å²) < 4.78 is 12.9. The zero-order chi connectivity index (χ0) is 18.9. The Morgan fingerprint density at radius 3 is 2.63 bits per heavy atom. The lowest BCUT2D eigenvalue weighted by Crippen LogP contribution is -2.55. The lowest BCUT2D eigenvalue weighted by atomic mass is 9.95. The number of rotatable bonds is 7. The van der Waals surface area contributed by atoms with E-state index in [1.165, 1.54) is 12.1 Å². The predicted octanol–water partition coefficient (Wildman–Crippen LogP) is 2.33. The van der Waals surface area contributed by atoms with E-state index in [0.29, 0.717) is 12.3 Å². The van der Waals surface area contributed by atoms with Crippen molar-refractivity contribution in [3.8, 4) is 0 Å². The molecule has 1 aromatic rings. The van der Waals surface area contributed by atoms with Gasteiger partial charge < -0.3 is 21.3 Å². The van der Waals surface area contributed by atoms with Gasteiger partial charge in [-0.25, -0.2) is 9.18 Å². The van der Waals surface area contributed by atoms with E-state index < -0.39 is 12.1 Å². The number of hydrogen-bond acceptors (Lipinski definition) is 3. The van der Waals surface area contributed by atoms with Crippen LogP contribution in [0.15, 0.2) is 24.3 Å². The van der Waals surface area contributed by atoms with Gasteiger partial charge in [-0.15, -0.1) is 12.4 Å². The van der Waals surface area contributed by atoms with Gasteiger partial charge in [-0.05, 0) is 49.5 Å². The molecule has 1 aromatic carbocycles. The molecular formula is C19H30ClFN4O2. The van der Waals surface area contributed by atoms with Crippen molar-refractivity contribution in [2.45, 2.75) is 51.7 Å². The van der Waals surface area contributed by atoms with Crippen molar-refractivity contribution in [1.29, 1.82) is 0 Å². The summed E-state index contributed by atoms with van der Waals surface area (Å²) in [6.45, 7) is 6.13. The van der Waals surface area contributed by atoms with Crippen LogP contribution < -0.4 is 21.3 Å². The number of carbonyl (C=O) groups is 2. The third kappa shape index (κ3) is 7.72. The van der Waals surface area contributed by atoms with E-state index in [9.17, 15) is 14.0 Å². The first kappa shape index (κ1) is 23.2. The lowest BCUT2D eigenvalue weighted by molar-refractivity contribution is -0.124. The molecule has 3 amide bonds. The molecule has 3 atom stereocenters. The van der Waals surface area contributed by atoms with Crippen LogP contribution in [-0.4, -0.2) is 37.1 Å². The molecule has 0 saturated carbocycles. The van der Waals surface area contributed by atoms with Crippen LogP contribution in [0.4, 0.5) is 9.18 Å². The maximum absolute atomic E-state index is 12.9. The van der Waals surface area contributed by atoms with Gasteiger partial charge in [-0.2, -0.15) is 0 Å². The van der Waals surface area contributed by atoms with Crippen molar-refractivity contribution in [2.24, 2.45) is 5.92 Å². The summed E-state index contributed by atoms with van der Waals surface area (Å²) in [6, 6.07) is 5.10. The molecule has 1 heterocycles. The SMILES string of the molecule is CCCC(NC(=O)NCc1ccc(F)cc1)C(=O)NC1CCNCC1C.Cl. The minimum absolute atomic E-state index is 0. The molecule has 152 valence electrons. The predicted molar refractivity (Wildman–Crippen MR) is 106 cm³/mol. The molecule has 27 heavy (non-hydrogen) atoms. The van der Waals surface area contributed by atoms with Crippen molar-refractivity contribution in [3.63, 3.8) is 0 Å². The topological polar surface area (TPSA) is 82.3 Å². The number of carbonyl (C=O) groups excluding carboxylic acids is 2. The molecule has 4 N–H and O–H groups in total. The summed E-state index contributed by atoms with van der Waals surface area (Å²) in [7, 11) is 0. The van der Waals surface area contributed by atoms with Crippen molar-refractivity contribution >= 4 is 24.3 Å². The average molecular weight is 401 g/mol. The monoisotopic (exact) mass is 400 g/mol. The maximum atomic E-state index is 12.9. The first-order valence-electron chi connectivity index (χ1n) is 9.29. The molecule has 0 bridgehead atoms. The van der Waals surface area contributed by atoms with E-state index in [1.807, 2.05) is 6.92 Å². The summed E-state index contributed by atoms with van der Waals surface area (Å²) in [5.74, 6) is -0.0881. The van der Waals surface area contributed by atoms with Crippen LogP contribution in [0, 0.1) is 11.7 Å². The summed E-state index contributed by atoms with van der Waals surface area (Å²) in [5, 5.41) is 11.8. The smallest absolute Gasteiger partial charge is 0.315 e. The van der Waals surface area contributed by atoms with Gasteiger partial charge in [0.25, 0.3) is 0 Å². The molecule has 0 aliphatic carbocycles. The van der Waals surface area contributed by atoms with E-state index in [1.54, 1.807) is 12.1 Å². The second-order valence-electron chi connectivity index (χ2n) is 6.88. The number of piperidine rings is 1. The fourth-order valence-corrected chi connectivity index (χ4v) is 3.06. The van der Waals surface area contributed by atoms with Crippen molar-refractivity contribution in [1.82, 2.24) is 21.3 Å². The molecule has 1 fully saturated rings. The zero-order valence-corrected chi connectivity index (χ0v) is 16.7. The highest BCUT2D eigenvalue weighted by Gasteiger charge is 2.26. The van der Waals surface area contributed by atoms with Gasteiger partial charge in [0.15, 0.2) is 0 Å². The largest absolute Gasteiger partial charge is 0.351 e. The Labute approximate surface area is 166 Å². The Kier molecular flexibility index (Phi) is 10.1. The van der Waals surface area contributed by atoms with Gasteiger partial charge in [0.2, 0.25) is 5.91 Å². The molecule has 1 saturated heterocycles. The fraction of sp³-hybridized carbons (Fsp3) is 0.579. The summed E-state index contributed by atoms with van der Waals surface area (Å²) in [5.41, 5.74) is 0.793. The minimum Gasteiger partial charge on any atom is -0.351 e. The third-order valence-electron chi connectivity index (χ3n) is 4.68. The van der Waals surface area contributed by atoms with Crippen LogP contribution in [0.3, 0.4) is 0 Å². The number of benzene rings is 1. The van der Waals surface area contributed by atoms with Crippen LogP contribution in [0.2, 0.25) is 0 Å². The average Bonchev–Trinajstić information content (AvgIpc) is 2.63. The van der Waals surface area contributed by atoms with Gasteiger partial charge in [0.1, 0.15) is 11.9 Å². The molecule has 0 spiro atoms. The van der Waals surface area contributed by atoms with E-state index in [4.69, 9.17) is 0 Å². The van der Waals surface area contributed by atoms with Gasteiger partial charge >= 0.3 is 6.03 Å². The van der Waals surface area contributed by atoms with Crippen molar-refractivity contribution in [2.75, 3.05) is 13.1 Å². The number of urea groups is 1. The molecule has 2 rings (SSSR count). The number of nitrogens with one attached hydrogen (secondary N) is 4. The molecular weight excluding hydrogens is 371 g/mol. The fourth-order valence-electron chi connectivity index (χ4n) is 3.06. The van der Waals surface area contributed by atoms with Gasteiger partial charge in [0.05, 0.1) is 0 Å². The van der Waals surface area contributed by atoms with Gasteiger partial charge in [0, 0.05) is 12.6 Å². The number of hydrogen-bond donors (Lipinski definition) is 4. The van der Waals surface area contributed by atoms with E-state index in [-0.39, 0.29) is 36.7 Å². The van der Waals surface area contributed by atoms with Gasteiger partial charge in [-0.3, -0.25) is 4.79 Å². The summed E-state index contributed by atoms with van der Waals surface area (Å²) in [6.07, 6.45) is 2.26. The van der Waals surface area contributed by atoms with Crippen LogP contribution in [-0.2, 0) is 11.3 Å². The molecule has 1 aliphatic heterocycles. The highest BCUT2D eigenvalue weighted by molar-refractivity contribution is 5.87. The van der Waals surface area contributed by atoms with E-state index >= 15 is 0 Å². The second-order valence-corrected chi connectivity index (χ2v) is 6.88. The highest BCUT2D eigenvalue weighted by atomic mass is 35.5. The Morgan fingerprint density at radius 1 is 1.30 bits per heavy atom. The Balaban J connectivity index is 0.00000364. The van der Waals surface area contributed by atoms with Gasteiger partial charge in [-0.1, -0.05) is 32.4 Å². The normalized spacial score (nSPS) is 20.1. The maximum Gasteiger partial charge on any atom is 0.315 e. The Morgan fingerprint density at radius 2 is 2.00 bits per heavy atom. The van der Waals surface area contributed by atoms with Crippen LogP contribution >= 0.6 is 12.4 Å². The standard InChI is InChI=1S/C19H29FN4O2.ClH/c1-3-4-17(18(25)23-16-9-10-21-11-13(16)2)24-19(26)22-12-14-5-7-15(20)8-6-14;/h5-8,13,16-17,21H,3-4,9-12H2,1-2H3,(H,23,25)(H2,22,24,26);1H. The molecule has 0 aromatic heterocycles. The second kappa shape index (κ2) is 11.8. The van der Waals surface area contributed by atoms with Crippen LogP contribution in [0.1, 0.15) is 38.7 Å². The van der Waals surface area contributed by atoms with E-state index in [2.05, 4.69) is 28.2 Å². The number of halogens is 2. The third-order valence-corrected chi connectivity index (χ3v) is 4.68. The Bertz CT molecular complexity index is 600. The van der Waals surface area contributed by atoms with E-state index in [0.717, 1.165) is 31.5 Å². The molecule has 0 radical (unpaired) electrons. The van der Waals surface area contributed by atoms with Crippen LogP contribution in [0.5, 0.6) is 0 Å². The zero-order valence-electron chi connectivity index (χ0n) is 15.9. The highest BCUT2D eigenvalue weighted by Crippen LogP contribution is 2.11. The first-order valence-corrected chi connectivity index (χ1v) is 9.29. The summed E-state index contributed by atoms with van der Waals surface area (Å²) >= 11 is 0. The quantitative estimate of drug-likeness (QED) is 0.567. The minimum atomic E-state index is -0.560. The van der Waals surface area contributed by atoms with Crippen molar-refractivity contribution in [3.05, 3.63) is 35.6 Å². The Hall–Kier alpha value is -1.86. The summed E-state index contributed by atoms with van der Waals surface area (Å²) in [4.78, 5) is 24.7. The van der Waals surface area contributed by atoms with Crippen molar-refractivity contribution < 1.29 is 14.0 Å². The number of amides is 3.